The molecule has 6 nitrogen and oxygen atoms in total. The maximum Gasteiger partial charge on any atom is 0.261 e. The fraction of sp³-hybridized carbons (Fsp3) is 0.512. The second-order valence-corrected chi connectivity index (χ2v) is 14.1. The van der Waals surface area contributed by atoms with E-state index in [-0.39, 0.29) is 23.5 Å². The number of likely N-dealkylation sites (tertiary alicyclic amines) is 1. The largest absolute Gasteiger partial charge is 0.306 e. The van der Waals surface area contributed by atoms with Crippen molar-refractivity contribution in [3.05, 3.63) is 108 Å². The quantitative estimate of drug-likeness (QED) is 0.0676. The summed E-state index contributed by atoms with van der Waals surface area (Å²) in [4.78, 5) is 44.6. The van der Waals surface area contributed by atoms with Crippen LogP contribution in [-0.4, -0.2) is 78.6 Å². The van der Waals surface area contributed by atoms with Crippen LogP contribution in [0.4, 0.5) is 0 Å². The minimum atomic E-state index is -0.593. The van der Waals surface area contributed by atoms with E-state index in [1.54, 1.807) is 25.1 Å². The van der Waals surface area contributed by atoms with Gasteiger partial charge in [-0.05, 0) is 89.4 Å². The number of amides is 2. The lowest BCUT2D eigenvalue weighted by Gasteiger charge is -2.35. The van der Waals surface area contributed by atoms with Crippen LogP contribution in [0.3, 0.4) is 0 Å². The Hall–Kier alpha value is -3.61. The molecule has 2 aromatic rings. The minimum absolute atomic E-state index is 0.154. The summed E-state index contributed by atoms with van der Waals surface area (Å²) in [6.45, 7) is 11.1. The summed E-state index contributed by atoms with van der Waals surface area (Å²) >= 11 is 0. The molecular formula is C43H59N3O3. The van der Waals surface area contributed by atoms with Gasteiger partial charge in [0.1, 0.15) is 5.78 Å². The molecule has 6 heteroatoms. The number of hydrogen-bond donors (Lipinski definition) is 0. The average Bonchev–Trinajstić information content (AvgIpc) is 3.68. The molecule has 0 N–H and O–H groups in total. The second kappa shape index (κ2) is 20.2. The van der Waals surface area contributed by atoms with Gasteiger partial charge in [-0.3, -0.25) is 19.3 Å². The van der Waals surface area contributed by atoms with Gasteiger partial charge in [-0.15, -0.1) is 0 Å². The van der Waals surface area contributed by atoms with E-state index < -0.39 is 5.41 Å². The third-order valence-corrected chi connectivity index (χ3v) is 10.5. The molecule has 2 amide bonds. The fourth-order valence-electron chi connectivity index (χ4n) is 7.73. The van der Waals surface area contributed by atoms with Crippen molar-refractivity contribution in [2.45, 2.75) is 89.4 Å². The van der Waals surface area contributed by atoms with Gasteiger partial charge in [-0.25, -0.2) is 0 Å². The van der Waals surface area contributed by atoms with Crippen molar-refractivity contribution >= 4 is 17.6 Å². The van der Waals surface area contributed by atoms with Crippen molar-refractivity contribution < 1.29 is 14.4 Å². The number of rotatable bonds is 23. The van der Waals surface area contributed by atoms with Crippen molar-refractivity contribution in [3.63, 3.8) is 0 Å². The first-order chi connectivity index (χ1) is 23.9. The van der Waals surface area contributed by atoms with E-state index >= 15 is 0 Å². The molecule has 49 heavy (non-hydrogen) atoms. The van der Waals surface area contributed by atoms with E-state index in [0.29, 0.717) is 17.7 Å². The summed E-state index contributed by atoms with van der Waals surface area (Å²) in [5.74, 6) is 0.187. The monoisotopic (exact) mass is 665 g/mol. The summed E-state index contributed by atoms with van der Waals surface area (Å²) in [5, 5.41) is 0. The van der Waals surface area contributed by atoms with Crippen molar-refractivity contribution in [1.82, 2.24) is 14.7 Å². The standard InChI is InChI=1S/C43H59N3O3/c1-4-5-6-20-29-43(36(2)47,37-24-16-15-17-25-37)38-28-34-45(35-38)32-22-14-12-10-8-7-9-11-13-21-30-44(3)31-23-33-46-41(48)39-26-18-19-27-40(39)42(46)49/h4-6,15-20,24-27,29,38H,1,7-14,21-23,28,30-35H2,2-3H3/b6-5-,29-20-. The number of benzene rings is 2. The predicted molar refractivity (Wildman–Crippen MR) is 202 cm³/mol. The van der Waals surface area contributed by atoms with Gasteiger partial charge in [-0.1, -0.05) is 131 Å². The zero-order valence-electron chi connectivity index (χ0n) is 30.2. The zero-order valence-corrected chi connectivity index (χ0v) is 30.2. The van der Waals surface area contributed by atoms with Crippen molar-refractivity contribution in [1.29, 1.82) is 0 Å². The SMILES string of the molecule is C=C/C=C\C=C/C(C(C)=O)(c1ccccc1)C1CCN(CCCCCCCCCCCCN(C)CCCN2C(=O)c3ccccc3C2=O)C1. The highest BCUT2D eigenvalue weighted by molar-refractivity contribution is 6.21. The van der Waals surface area contributed by atoms with E-state index in [1.807, 2.05) is 48.6 Å². The Bertz CT molecular complexity index is 1380. The molecule has 2 unspecified atom stereocenters. The second-order valence-electron chi connectivity index (χ2n) is 14.1. The number of allylic oxidation sites excluding steroid dienone is 5. The third-order valence-electron chi connectivity index (χ3n) is 10.5. The van der Waals surface area contributed by atoms with Crippen LogP contribution in [0.5, 0.6) is 0 Å². The summed E-state index contributed by atoms with van der Waals surface area (Å²) in [5.41, 5.74) is 1.57. The fourth-order valence-corrected chi connectivity index (χ4v) is 7.73. The van der Waals surface area contributed by atoms with E-state index in [1.165, 1.54) is 69.1 Å². The molecule has 264 valence electrons. The molecule has 2 heterocycles. The minimum Gasteiger partial charge on any atom is -0.306 e. The number of ketones is 1. The molecule has 0 aliphatic carbocycles. The van der Waals surface area contributed by atoms with Crippen molar-refractivity contribution in [3.8, 4) is 0 Å². The van der Waals surface area contributed by atoms with Gasteiger partial charge in [-0.2, -0.15) is 0 Å². The average molecular weight is 666 g/mol. The van der Waals surface area contributed by atoms with Crippen LogP contribution in [0.1, 0.15) is 110 Å². The molecule has 0 aromatic heterocycles. The smallest absolute Gasteiger partial charge is 0.261 e. The lowest BCUT2D eigenvalue weighted by atomic mass is 9.67. The van der Waals surface area contributed by atoms with E-state index in [9.17, 15) is 14.4 Å². The van der Waals surface area contributed by atoms with Gasteiger partial charge in [0.15, 0.2) is 0 Å². The van der Waals surface area contributed by atoms with Crippen LogP contribution < -0.4 is 0 Å². The van der Waals surface area contributed by atoms with Gasteiger partial charge in [0.05, 0.1) is 16.5 Å². The Morgan fingerprint density at radius 2 is 1.35 bits per heavy atom. The van der Waals surface area contributed by atoms with Crippen molar-refractivity contribution in [2.75, 3.05) is 46.3 Å². The number of carbonyl (C=O) groups excluding carboxylic acids is 3. The Labute approximate surface area is 295 Å². The van der Waals surface area contributed by atoms with Gasteiger partial charge in [0, 0.05) is 13.1 Å². The van der Waals surface area contributed by atoms with E-state index in [2.05, 4.69) is 41.6 Å². The van der Waals surface area contributed by atoms with Crippen LogP contribution in [-0.2, 0) is 10.2 Å². The molecule has 0 bridgehead atoms. The summed E-state index contributed by atoms with van der Waals surface area (Å²) in [6, 6.07) is 17.4. The number of unbranched alkanes of at least 4 members (excludes halogenated alkanes) is 9. The molecule has 1 fully saturated rings. The Morgan fingerprint density at radius 3 is 1.96 bits per heavy atom. The van der Waals surface area contributed by atoms with E-state index in [0.717, 1.165) is 51.1 Å². The Morgan fingerprint density at radius 1 is 0.776 bits per heavy atom. The number of fused-ring (bicyclic) bond motifs is 1. The number of carbonyl (C=O) groups is 3. The lowest BCUT2D eigenvalue weighted by molar-refractivity contribution is -0.122. The number of hydrogen-bond acceptors (Lipinski definition) is 5. The first-order valence-corrected chi connectivity index (χ1v) is 18.8. The molecule has 4 rings (SSSR count). The molecular weight excluding hydrogens is 606 g/mol. The Kier molecular flexibility index (Phi) is 15.7. The molecule has 2 aliphatic rings. The first kappa shape index (κ1) is 38.2. The summed E-state index contributed by atoms with van der Waals surface area (Å²) in [7, 11) is 2.14. The van der Waals surface area contributed by atoms with Crippen LogP contribution in [0.15, 0.2) is 91.6 Å². The number of imide groups is 1. The molecule has 0 saturated carbocycles. The third kappa shape index (κ3) is 10.7. The first-order valence-electron chi connectivity index (χ1n) is 18.8. The number of Topliss-reactive ketones (excluding diaryl/α,β-unsaturated/α-hetero) is 1. The lowest BCUT2D eigenvalue weighted by Crippen LogP contribution is -2.41. The highest BCUT2D eigenvalue weighted by Crippen LogP contribution is 2.40. The van der Waals surface area contributed by atoms with Gasteiger partial charge in [0.2, 0.25) is 0 Å². The summed E-state index contributed by atoms with van der Waals surface area (Å²) in [6.07, 6.45) is 24.5. The maximum atomic E-state index is 13.3. The topological polar surface area (TPSA) is 60.9 Å². The highest BCUT2D eigenvalue weighted by Gasteiger charge is 2.45. The maximum absolute atomic E-state index is 13.3. The summed E-state index contributed by atoms with van der Waals surface area (Å²) < 4.78 is 0. The molecule has 0 spiro atoms. The zero-order chi connectivity index (χ0) is 34.9. The van der Waals surface area contributed by atoms with Gasteiger partial charge < -0.3 is 9.80 Å². The molecule has 2 aromatic carbocycles. The molecule has 0 radical (unpaired) electrons. The number of nitrogens with zero attached hydrogens (tertiary/aromatic N) is 3. The Balaban J connectivity index is 1.01. The van der Waals surface area contributed by atoms with Crippen LogP contribution in [0.25, 0.3) is 0 Å². The van der Waals surface area contributed by atoms with Gasteiger partial charge >= 0.3 is 0 Å². The van der Waals surface area contributed by atoms with Crippen LogP contribution in [0.2, 0.25) is 0 Å². The predicted octanol–water partition coefficient (Wildman–Crippen LogP) is 8.65. The molecule has 1 saturated heterocycles. The normalized spacial score (nSPS) is 17.9. The van der Waals surface area contributed by atoms with Crippen molar-refractivity contribution in [2.24, 2.45) is 5.92 Å². The molecule has 2 atom stereocenters. The highest BCUT2D eigenvalue weighted by atomic mass is 16.2. The molecule has 2 aliphatic heterocycles. The van der Waals surface area contributed by atoms with Crippen LogP contribution >= 0.6 is 0 Å². The van der Waals surface area contributed by atoms with Gasteiger partial charge in [0.25, 0.3) is 11.8 Å². The van der Waals surface area contributed by atoms with Crippen LogP contribution in [0, 0.1) is 5.92 Å². The van der Waals surface area contributed by atoms with E-state index in [4.69, 9.17) is 0 Å².